The quantitative estimate of drug-likeness (QED) is 0.760. The SMILES string of the molecule is CC(C)(C)c1cc(-c2csc(CC3(O)CNC3)n2)cc(C(C)(C)C)c1O. The smallest absolute Gasteiger partial charge is 0.123 e. The number of aromatic hydroxyl groups is 1. The van der Waals surface area contributed by atoms with E-state index in [1.807, 2.05) is 0 Å². The summed E-state index contributed by atoms with van der Waals surface area (Å²) in [5, 5.41) is 27.3. The van der Waals surface area contributed by atoms with Crippen molar-refractivity contribution in [1.29, 1.82) is 0 Å². The molecule has 1 aliphatic heterocycles. The van der Waals surface area contributed by atoms with Gasteiger partial charge in [0.2, 0.25) is 0 Å². The molecule has 0 unspecified atom stereocenters. The Morgan fingerprint density at radius 2 is 1.62 bits per heavy atom. The molecule has 1 aromatic carbocycles. The Bertz CT molecular complexity index is 773. The van der Waals surface area contributed by atoms with Gasteiger partial charge >= 0.3 is 0 Å². The molecule has 0 saturated carbocycles. The van der Waals surface area contributed by atoms with Crippen molar-refractivity contribution in [1.82, 2.24) is 10.3 Å². The number of phenolic OH excluding ortho intramolecular Hbond substituents is 1. The zero-order valence-corrected chi connectivity index (χ0v) is 17.4. The molecule has 0 aliphatic carbocycles. The fraction of sp³-hybridized carbons (Fsp3) is 0.571. The summed E-state index contributed by atoms with van der Waals surface area (Å²) < 4.78 is 0. The van der Waals surface area contributed by atoms with Crippen molar-refractivity contribution >= 4 is 11.3 Å². The van der Waals surface area contributed by atoms with Crippen LogP contribution >= 0.6 is 11.3 Å². The van der Waals surface area contributed by atoms with Gasteiger partial charge in [0, 0.05) is 41.6 Å². The molecule has 2 heterocycles. The molecule has 1 fully saturated rings. The fourth-order valence-electron chi connectivity index (χ4n) is 3.27. The van der Waals surface area contributed by atoms with Crippen LogP contribution in [0.25, 0.3) is 11.3 Å². The highest BCUT2D eigenvalue weighted by Crippen LogP contribution is 2.42. The van der Waals surface area contributed by atoms with Gasteiger partial charge in [-0.15, -0.1) is 11.3 Å². The highest BCUT2D eigenvalue weighted by molar-refractivity contribution is 7.10. The van der Waals surface area contributed by atoms with E-state index < -0.39 is 5.60 Å². The van der Waals surface area contributed by atoms with E-state index in [2.05, 4.69) is 64.4 Å². The molecule has 0 amide bonds. The maximum atomic E-state index is 10.9. The van der Waals surface area contributed by atoms with Crippen LogP contribution in [-0.2, 0) is 17.3 Å². The number of benzene rings is 1. The minimum absolute atomic E-state index is 0.161. The molecule has 26 heavy (non-hydrogen) atoms. The first kappa shape index (κ1) is 19.3. The molecule has 142 valence electrons. The van der Waals surface area contributed by atoms with Crippen molar-refractivity contribution < 1.29 is 10.2 Å². The Hall–Kier alpha value is -1.43. The van der Waals surface area contributed by atoms with Crippen LogP contribution in [0.1, 0.15) is 57.7 Å². The summed E-state index contributed by atoms with van der Waals surface area (Å²) in [4.78, 5) is 4.77. The third-order valence-electron chi connectivity index (χ3n) is 4.96. The standard InChI is InChI=1S/C21H30N2O2S/c1-19(2,3)14-7-13(8-15(18(14)24)20(4,5)6)16-10-26-17(23-16)9-21(25)11-22-12-21/h7-8,10,22,24-25H,9,11-12H2,1-6H3. The molecule has 5 heteroatoms. The first-order valence-corrected chi connectivity index (χ1v) is 10.0. The number of aromatic nitrogens is 1. The van der Waals surface area contributed by atoms with Crippen LogP contribution in [0.5, 0.6) is 5.75 Å². The van der Waals surface area contributed by atoms with E-state index in [4.69, 9.17) is 4.98 Å². The number of hydrogen-bond donors (Lipinski definition) is 3. The number of aliphatic hydroxyl groups is 1. The summed E-state index contributed by atoms with van der Waals surface area (Å²) in [7, 11) is 0. The number of β-amino-alcohol motifs (C(OH)–C–C–N with tert-alkyl or cyclic N) is 1. The molecule has 4 nitrogen and oxygen atoms in total. The number of thiazole rings is 1. The summed E-state index contributed by atoms with van der Waals surface area (Å²) in [6.07, 6.45) is 0.584. The van der Waals surface area contributed by atoms with E-state index >= 15 is 0 Å². The molecule has 0 bridgehead atoms. The van der Waals surface area contributed by atoms with E-state index in [9.17, 15) is 10.2 Å². The summed E-state index contributed by atoms with van der Waals surface area (Å²) in [6, 6.07) is 4.12. The average molecular weight is 375 g/mol. The van der Waals surface area contributed by atoms with E-state index in [0.717, 1.165) is 27.4 Å². The topological polar surface area (TPSA) is 65.4 Å². The van der Waals surface area contributed by atoms with Crippen LogP contribution in [0.4, 0.5) is 0 Å². The van der Waals surface area contributed by atoms with Gasteiger partial charge in [0.25, 0.3) is 0 Å². The maximum Gasteiger partial charge on any atom is 0.123 e. The van der Waals surface area contributed by atoms with Crippen molar-refractivity contribution in [2.75, 3.05) is 13.1 Å². The van der Waals surface area contributed by atoms with Crippen molar-refractivity contribution in [2.24, 2.45) is 0 Å². The first-order valence-electron chi connectivity index (χ1n) is 9.15. The van der Waals surface area contributed by atoms with Crippen molar-refractivity contribution in [3.8, 4) is 17.0 Å². The molecule has 3 N–H and O–H groups in total. The largest absolute Gasteiger partial charge is 0.507 e. The van der Waals surface area contributed by atoms with Crippen LogP contribution in [0.15, 0.2) is 17.5 Å². The predicted octanol–water partition coefficient (Wildman–Crippen LogP) is 3.99. The minimum atomic E-state index is -0.656. The van der Waals surface area contributed by atoms with Gasteiger partial charge in [-0.2, -0.15) is 0 Å². The van der Waals surface area contributed by atoms with Gasteiger partial charge in [0.1, 0.15) is 5.75 Å². The summed E-state index contributed by atoms with van der Waals surface area (Å²) in [5.41, 5.74) is 2.84. The van der Waals surface area contributed by atoms with Gasteiger partial charge in [-0.1, -0.05) is 41.5 Å². The second-order valence-electron chi connectivity index (χ2n) is 9.55. The average Bonchev–Trinajstić information content (AvgIpc) is 2.91. The lowest BCUT2D eigenvalue weighted by atomic mass is 9.78. The summed E-state index contributed by atoms with van der Waals surface area (Å²) in [6.45, 7) is 13.9. The second-order valence-corrected chi connectivity index (χ2v) is 10.5. The highest BCUT2D eigenvalue weighted by Gasteiger charge is 2.35. The molecule has 0 atom stereocenters. The number of nitrogens with zero attached hydrogens (tertiary/aromatic N) is 1. The Morgan fingerprint density at radius 1 is 1.08 bits per heavy atom. The highest BCUT2D eigenvalue weighted by atomic mass is 32.1. The van der Waals surface area contributed by atoms with Crippen molar-refractivity contribution in [3.05, 3.63) is 33.6 Å². The molecule has 3 rings (SSSR count). The lowest BCUT2D eigenvalue weighted by Crippen LogP contribution is -2.60. The van der Waals surface area contributed by atoms with Gasteiger partial charge in [-0.05, 0) is 23.0 Å². The molecule has 1 aromatic heterocycles. The normalized spacial score (nSPS) is 17.2. The van der Waals surface area contributed by atoms with Gasteiger partial charge in [0.05, 0.1) is 16.3 Å². The van der Waals surface area contributed by atoms with E-state index in [1.54, 1.807) is 11.3 Å². The first-order chi connectivity index (χ1) is 11.9. The Morgan fingerprint density at radius 3 is 2.04 bits per heavy atom. The molecule has 1 saturated heterocycles. The summed E-state index contributed by atoms with van der Waals surface area (Å²) >= 11 is 1.59. The lowest BCUT2D eigenvalue weighted by Gasteiger charge is -2.36. The Kier molecular flexibility index (Phi) is 4.70. The van der Waals surface area contributed by atoms with Gasteiger partial charge in [-0.25, -0.2) is 4.98 Å². The molecular formula is C21H30N2O2S. The van der Waals surface area contributed by atoms with Gasteiger partial charge in [0.15, 0.2) is 0 Å². The van der Waals surface area contributed by atoms with Crippen LogP contribution in [0, 0.1) is 0 Å². The van der Waals surface area contributed by atoms with E-state index in [-0.39, 0.29) is 10.8 Å². The molecular weight excluding hydrogens is 344 g/mol. The number of phenols is 1. The van der Waals surface area contributed by atoms with Crippen molar-refractivity contribution in [2.45, 2.75) is 64.4 Å². The van der Waals surface area contributed by atoms with Crippen LogP contribution in [-0.4, -0.2) is 33.9 Å². The zero-order valence-electron chi connectivity index (χ0n) is 16.6. The van der Waals surface area contributed by atoms with Gasteiger partial charge < -0.3 is 15.5 Å². The molecule has 0 spiro atoms. The second kappa shape index (κ2) is 6.32. The van der Waals surface area contributed by atoms with E-state index in [0.29, 0.717) is 25.3 Å². The lowest BCUT2D eigenvalue weighted by molar-refractivity contribution is -0.00903. The van der Waals surface area contributed by atoms with E-state index in [1.165, 1.54) is 0 Å². The third-order valence-corrected chi connectivity index (χ3v) is 5.81. The number of rotatable bonds is 3. The van der Waals surface area contributed by atoms with Crippen LogP contribution < -0.4 is 5.32 Å². The Balaban J connectivity index is 2.03. The molecule has 0 radical (unpaired) electrons. The van der Waals surface area contributed by atoms with Crippen LogP contribution in [0.3, 0.4) is 0 Å². The monoisotopic (exact) mass is 374 g/mol. The predicted molar refractivity (Wildman–Crippen MR) is 108 cm³/mol. The van der Waals surface area contributed by atoms with Crippen LogP contribution in [0.2, 0.25) is 0 Å². The molecule has 2 aromatic rings. The maximum absolute atomic E-state index is 10.9. The Labute approximate surface area is 160 Å². The zero-order chi connectivity index (χ0) is 19.3. The number of nitrogens with one attached hydrogen (secondary N) is 1. The summed E-state index contributed by atoms with van der Waals surface area (Å²) in [5.74, 6) is 0.388. The minimum Gasteiger partial charge on any atom is -0.507 e. The number of hydrogen-bond acceptors (Lipinski definition) is 5. The molecule has 1 aliphatic rings. The third kappa shape index (κ3) is 3.80. The van der Waals surface area contributed by atoms with Gasteiger partial charge in [-0.3, -0.25) is 0 Å². The fourth-order valence-corrected chi connectivity index (χ4v) is 4.21. The van der Waals surface area contributed by atoms with Crippen molar-refractivity contribution in [3.63, 3.8) is 0 Å².